The smallest absolute Gasteiger partial charge is 0.0241 e. The first kappa shape index (κ1) is 37.0. The van der Waals surface area contributed by atoms with Crippen molar-refractivity contribution < 1.29 is 0 Å². The Bertz CT molecular complexity index is 1930. The van der Waals surface area contributed by atoms with Gasteiger partial charge in [0.2, 0.25) is 0 Å². The van der Waals surface area contributed by atoms with E-state index in [9.17, 15) is 0 Å². The summed E-state index contributed by atoms with van der Waals surface area (Å²) >= 11 is 0. The van der Waals surface area contributed by atoms with Gasteiger partial charge in [0.25, 0.3) is 0 Å². The molecule has 0 heterocycles. The molecule has 6 aromatic carbocycles. The SMILES string of the molecule is CCC(CC(c1ccccc1)P(c1cc(C)cc(C)c1)c1cc(C)cc(C)c1)(c1ccccc1)P(c1cc(C)cc(C)c1)c1cc(C)cc(C)c1. The molecule has 0 aliphatic heterocycles. The predicted octanol–water partition coefficient (Wildman–Crippen LogP) is 12.2. The fourth-order valence-corrected chi connectivity index (χ4v) is 15.6. The van der Waals surface area contributed by atoms with E-state index in [0.717, 1.165) is 12.8 Å². The van der Waals surface area contributed by atoms with Crippen LogP contribution in [0.3, 0.4) is 0 Å². The van der Waals surface area contributed by atoms with E-state index in [-0.39, 0.29) is 10.8 Å². The summed E-state index contributed by atoms with van der Waals surface area (Å²) in [5.74, 6) is 0. The van der Waals surface area contributed by atoms with Crippen LogP contribution in [-0.4, -0.2) is 0 Å². The zero-order chi connectivity index (χ0) is 36.3. The lowest BCUT2D eigenvalue weighted by Crippen LogP contribution is -2.35. The Morgan fingerprint density at radius 3 is 1.12 bits per heavy atom. The molecular formula is C49H54P2. The van der Waals surface area contributed by atoms with Crippen LogP contribution < -0.4 is 21.2 Å². The van der Waals surface area contributed by atoms with Crippen LogP contribution >= 0.6 is 15.8 Å². The topological polar surface area (TPSA) is 0 Å². The molecule has 2 atom stereocenters. The molecule has 51 heavy (non-hydrogen) atoms. The first-order valence-electron chi connectivity index (χ1n) is 18.5. The molecule has 0 aliphatic carbocycles. The lowest BCUT2D eigenvalue weighted by Gasteiger charge is -2.46. The average Bonchev–Trinajstić information content (AvgIpc) is 3.06. The van der Waals surface area contributed by atoms with Gasteiger partial charge in [-0.25, -0.2) is 0 Å². The second-order valence-corrected chi connectivity index (χ2v) is 19.9. The Morgan fingerprint density at radius 2 is 0.765 bits per heavy atom. The summed E-state index contributed by atoms with van der Waals surface area (Å²) in [6, 6.07) is 52.4. The second-order valence-electron chi connectivity index (χ2n) is 15.0. The molecule has 0 N–H and O–H groups in total. The monoisotopic (exact) mass is 704 g/mol. The van der Waals surface area contributed by atoms with E-state index in [0.29, 0.717) is 0 Å². The van der Waals surface area contributed by atoms with Crippen LogP contribution in [0.25, 0.3) is 0 Å². The van der Waals surface area contributed by atoms with Crippen LogP contribution in [0, 0.1) is 55.4 Å². The van der Waals surface area contributed by atoms with E-state index in [1.807, 2.05) is 0 Å². The molecule has 0 amide bonds. The van der Waals surface area contributed by atoms with Crippen LogP contribution in [0.15, 0.2) is 133 Å². The number of hydrogen-bond acceptors (Lipinski definition) is 0. The van der Waals surface area contributed by atoms with Crippen LogP contribution in [0.5, 0.6) is 0 Å². The molecular weight excluding hydrogens is 650 g/mol. The van der Waals surface area contributed by atoms with E-state index in [2.05, 4.69) is 196 Å². The Hall–Kier alpha value is -3.82. The molecule has 0 nitrogen and oxygen atoms in total. The normalized spacial score (nSPS) is 13.4. The van der Waals surface area contributed by atoms with Gasteiger partial charge in [0.15, 0.2) is 0 Å². The minimum atomic E-state index is -0.840. The van der Waals surface area contributed by atoms with Crippen LogP contribution in [0.4, 0.5) is 0 Å². The van der Waals surface area contributed by atoms with Gasteiger partial charge in [0.05, 0.1) is 0 Å². The van der Waals surface area contributed by atoms with Crippen molar-refractivity contribution in [1.29, 1.82) is 0 Å². The van der Waals surface area contributed by atoms with Crippen LogP contribution in [0.1, 0.15) is 81.1 Å². The zero-order valence-corrected chi connectivity index (χ0v) is 33.9. The molecule has 0 aliphatic rings. The van der Waals surface area contributed by atoms with Crippen LogP contribution in [-0.2, 0) is 5.16 Å². The number of benzene rings is 6. The summed E-state index contributed by atoms with van der Waals surface area (Å²) in [5, 5.41) is 5.76. The summed E-state index contributed by atoms with van der Waals surface area (Å²) in [6.07, 6.45) is 2.07. The Labute approximate surface area is 310 Å². The van der Waals surface area contributed by atoms with E-state index in [4.69, 9.17) is 0 Å². The van der Waals surface area contributed by atoms with Gasteiger partial charge in [-0.2, -0.15) is 0 Å². The van der Waals surface area contributed by atoms with Crippen molar-refractivity contribution in [2.75, 3.05) is 0 Å². The Kier molecular flexibility index (Phi) is 11.5. The second kappa shape index (κ2) is 15.8. The minimum Gasteiger partial charge on any atom is -0.0642 e. The molecule has 0 radical (unpaired) electrons. The quantitative estimate of drug-likeness (QED) is 0.118. The molecule has 6 aromatic rings. The summed E-state index contributed by atoms with van der Waals surface area (Å²) in [6.45, 7) is 20.6. The standard InChI is InChI=1S/C49H54P2/c1-10-49(43-19-15-12-16-20-43,51(46-29-38(6)23-39(7)30-46)47-31-40(8)24-41(9)32-47)33-48(42-17-13-11-14-18-42)50(44-25-34(2)21-35(3)26-44)45-27-36(4)22-37(5)28-45/h11-32,48H,10,33H2,1-9H3. The fraction of sp³-hybridized carbons (Fsp3) is 0.265. The lowest BCUT2D eigenvalue weighted by atomic mass is 9.88. The highest BCUT2D eigenvalue weighted by molar-refractivity contribution is 7.74. The maximum atomic E-state index is 2.50. The minimum absolute atomic E-state index is 0.143. The summed E-state index contributed by atoms with van der Waals surface area (Å²) in [4.78, 5) is 0. The molecule has 0 saturated heterocycles. The Morgan fingerprint density at radius 1 is 0.431 bits per heavy atom. The maximum absolute atomic E-state index is 2.50. The number of hydrogen-bond donors (Lipinski definition) is 0. The van der Waals surface area contributed by atoms with Crippen LogP contribution in [0.2, 0.25) is 0 Å². The lowest BCUT2D eigenvalue weighted by molar-refractivity contribution is 0.534. The molecule has 0 saturated carbocycles. The highest BCUT2D eigenvalue weighted by Crippen LogP contribution is 2.65. The van der Waals surface area contributed by atoms with Gasteiger partial charge in [-0.05, 0) is 116 Å². The zero-order valence-electron chi connectivity index (χ0n) is 32.1. The Balaban J connectivity index is 1.71. The highest BCUT2D eigenvalue weighted by Gasteiger charge is 2.45. The largest absolute Gasteiger partial charge is 0.0642 e. The van der Waals surface area contributed by atoms with E-state index < -0.39 is 15.8 Å². The molecule has 2 unspecified atom stereocenters. The third kappa shape index (κ3) is 8.30. The number of rotatable bonds is 11. The van der Waals surface area contributed by atoms with Gasteiger partial charge in [0, 0.05) is 10.8 Å². The van der Waals surface area contributed by atoms with E-state index in [1.165, 1.54) is 76.9 Å². The fourth-order valence-electron chi connectivity index (χ4n) is 8.44. The van der Waals surface area contributed by atoms with Crippen molar-refractivity contribution in [2.24, 2.45) is 0 Å². The number of aryl methyl sites for hydroxylation is 8. The molecule has 0 fully saturated rings. The highest BCUT2D eigenvalue weighted by atomic mass is 31.1. The first-order valence-corrected chi connectivity index (χ1v) is 21.2. The van der Waals surface area contributed by atoms with Crippen molar-refractivity contribution >= 4 is 37.1 Å². The summed E-state index contributed by atoms with van der Waals surface area (Å²) in [7, 11) is -1.63. The van der Waals surface area contributed by atoms with Gasteiger partial charge in [0.1, 0.15) is 0 Å². The van der Waals surface area contributed by atoms with Gasteiger partial charge in [-0.3, -0.25) is 0 Å². The van der Waals surface area contributed by atoms with Gasteiger partial charge < -0.3 is 0 Å². The predicted molar refractivity (Wildman–Crippen MR) is 228 cm³/mol. The van der Waals surface area contributed by atoms with Crippen molar-refractivity contribution in [3.8, 4) is 0 Å². The van der Waals surface area contributed by atoms with Crippen molar-refractivity contribution in [3.05, 3.63) is 189 Å². The summed E-state index contributed by atoms with van der Waals surface area (Å²) < 4.78 is 0. The first-order chi connectivity index (χ1) is 24.4. The molecule has 260 valence electrons. The van der Waals surface area contributed by atoms with E-state index >= 15 is 0 Å². The molecule has 2 heteroatoms. The third-order valence-electron chi connectivity index (χ3n) is 10.2. The van der Waals surface area contributed by atoms with Gasteiger partial charge in [-0.1, -0.05) is 185 Å². The molecule has 6 rings (SSSR count). The average molecular weight is 705 g/mol. The van der Waals surface area contributed by atoms with E-state index in [1.54, 1.807) is 0 Å². The van der Waals surface area contributed by atoms with Crippen molar-refractivity contribution in [1.82, 2.24) is 0 Å². The van der Waals surface area contributed by atoms with Crippen molar-refractivity contribution in [2.45, 2.75) is 86.0 Å². The molecule has 0 spiro atoms. The van der Waals surface area contributed by atoms with Crippen molar-refractivity contribution in [3.63, 3.8) is 0 Å². The molecule has 0 aromatic heterocycles. The summed E-state index contributed by atoms with van der Waals surface area (Å²) in [5.41, 5.74) is 13.9. The maximum Gasteiger partial charge on any atom is 0.0241 e. The van der Waals surface area contributed by atoms with Gasteiger partial charge in [-0.15, -0.1) is 0 Å². The molecule has 0 bridgehead atoms. The third-order valence-corrected chi connectivity index (χ3v) is 16.1. The van der Waals surface area contributed by atoms with Gasteiger partial charge >= 0.3 is 0 Å².